The van der Waals surface area contributed by atoms with E-state index in [1.165, 1.54) is 4.57 Å². The molecule has 180 valence electrons. The van der Waals surface area contributed by atoms with Crippen LogP contribution in [0.1, 0.15) is 24.4 Å². The summed E-state index contributed by atoms with van der Waals surface area (Å²) in [6.07, 6.45) is 1.02. The van der Waals surface area contributed by atoms with Gasteiger partial charge >= 0.3 is 11.6 Å². The molecule has 1 N–H and O–H groups in total. The molecule has 2 fully saturated rings. The number of carbonyl (C=O) groups is 1. The van der Waals surface area contributed by atoms with Crippen LogP contribution < -0.4 is 15.3 Å². The molecule has 3 aromatic rings. The number of aryl methyl sites for hydroxylation is 1. The van der Waals surface area contributed by atoms with Crippen molar-refractivity contribution in [3.63, 3.8) is 0 Å². The predicted octanol–water partition coefficient (Wildman–Crippen LogP) is 2.15. The molecule has 9 heteroatoms. The number of quaternary nitrogens is 1. The van der Waals surface area contributed by atoms with Crippen molar-refractivity contribution >= 4 is 22.6 Å². The van der Waals surface area contributed by atoms with E-state index in [1.807, 2.05) is 18.2 Å². The molecule has 0 saturated carbocycles. The van der Waals surface area contributed by atoms with Crippen molar-refractivity contribution in [1.82, 2.24) is 9.13 Å². The maximum atomic E-state index is 13.7. The Morgan fingerprint density at radius 1 is 1.15 bits per heavy atom. The fraction of sp³-hybridized carbons (Fsp3) is 0.440. The SMILES string of the molecule is COc1ccc(C[N+]2([O-])CCCC(n3c(=O)n(C)c4c(N5CC(CO)C5)cccc43)C2=O)cc1. The van der Waals surface area contributed by atoms with E-state index in [0.29, 0.717) is 24.1 Å². The normalized spacial score (nSPS) is 23.4. The van der Waals surface area contributed by atoms with E-state index in [-0.39, 0.29) is 31.3 Å². The molecular weight excluding hydrogens is 436 g/mol. The first kappa shape index (κ1) is 22.6. The monoisotopic (exact) mass is 466 g/mol. The second-order valence-corrected chi connectivity index (χ2v) is 9.43. The lowest BCUT2D eigenvalue weighted by atomic mass is 9.99. The van der Waals surface area contributed by atoms with Crippen LogP contribution in [-0.4, -0.2) is 58.1 Å². The molecule has 2 saturated heterocycles. The van der Waals surface area contributed by atoms with Crippen LogP contribution in [-0.2, 0) is 18.4 Å². The number of hydroxylamine groups is 3. The largest absolute Gasteiger partial charge is 0.625 e. The average Bonchev–Trinajstić information content (AvgIpc) is 3.06. The van der Waals surface area contributed by atoms with E-state index in [4.69, 9.17) is 4.74 Å². The number of amides is 1. The smallest absolute Gasteiger partial charge is 0.337 e. The molecule has 0 bridgehead atoms. The minimum absolute atomic E-state index is 0.0282. The minimum atomic E-state index is -0.982. The number of fused-ring (bicyclic) bond motifs is 1. The lowest BCUT2D eigenvalue weighted by Gasteiger charge is -2.45. The van der Waals surface area contributed by atoms with Gasteiger partial charge in [0, 0.05) is 38.2 Å². The van der Waals surface area contributed by atoms with Crippen LogP contribution in [0.4, 0.5) is 5.69 Å². The van der Waals surface area contributed by atoms with Gasteiger partial charge in [0.25, 0.3) is 0 Å². The molecular formula is C25H30N4O5. The standard InChI is InChI=1S/C25H30N4O5/c1-26-23-20(27-13-18(14-27)16-30)5-3-6-21(23)28(25(26)32)22-7-4-12-29(33,24(22)31)15-17-8-10-19(34-2)11-9-17/h3,5-6,8-11,18,22,30H,4,7,12-16H2,1-2H3. The zero-order valence-corrected chi connectivity index (χ0v) is 19.5. The van der Waals surface area contributed by atoms with Gasteiger partial charge in [0.2, 0.25) is 0 Å². The van der Waals surface area contributed by atoms with Gasteiger partial charge in [-0.1, -0.05) is 6.07 Å². The molecule has 0 radical (unpaired) electrons. The van der Waals surface area contributed by atoms with Crippen molar-refractivity contribution in [1.29, 1.82) is 0 Å². The molecule has 2 unspecified atom stereocenters. The first-order valence-electron chi connectivity index (χ1n) is 11.7. The minimum Gasteiger partial charge on any atom is -0.625 e. The lowest BCUT2D eigenvalue weighted by molar-refractivity contribution is -0.823. The van der Waals surface area contributed by atoms with Crippen molar-refractivity contribution in [2.45, 2.75) is 25.4 Å². The summed E-state index contributed by atoms with van der Waals surface area (Å²) >= 11 is 0. The number of hydrogen-bond acceptors (Lipinski definition) is 6. The summed E-state index contributed by atoms with van der Waals surface area (Å²) in [5, 5.41) is 23.1. The summed E-state index contributed by atoms with van der Waals surface area (Å²) in [4.78, 5) is 29.1. The van der Waals surface area contributed by atoms with Crippen molar-refractivity contribution in [3.8, 4) is 5.75 Å². The number of methoxy groups -OCH3 is 1. The Morgan fingerprint density at radius 2 is 1.88 bits per heavy atom. The van der Waals surface area contributed by atoms with Gasteiger partial charge in [-0.2, -0.15) is 0 Å². The molecule has 2 aliphatic heterocycles. The number of benzene rings is 2. The number of anilines is 1. The highest BCUT2D eigenvalue weighted by Gasteiger charge is 2.42. The maximum absolute atomic E-state index is 13.7. The van der Waals surface area contributed by atoms with Crippen LogP contribution in [0, 0.1) is 11.1 Å². The summed E-state index contributed by atoms with van der Waals surface area (Å²) < 4.78 is 7.29. The van der Waals surface area contributed by atoms with Gasteiger partial charge < -0.3 is 20.0 Å². The number of para-hydroxylation sites is 1. The highest BCUT2D eigenvalue weighted by molar-refractivity contribution is 5.91. The number of imidazole rings is 1. The zero-order chi connectivity index (χ0) is 24.0. The predicted molar refractivity (Wildman–Crippen MR) is 128 cm³/mol. The Balaban J connectivity index is 1.50. The Labute approximate surface area is 197 Å². The molecule has 1 aromatic heterocycles. The van der Waals surface area contributed by atoms with Gasteiger partial charge in [-0.15, -0.1) is 0 Å². The number of piperidine rings is 1. The van der Waals surface area contributed by atoms with Gasteiger partial charge in [0.1, 0.15) is 12.3 Å². The fourth-order valence-electron chi connectivity index (χ4n) is 5.32. The Kier molecular flexibility index (Phi) is 5.71. The van der Waals surface area contributed by atoms with Crippen LogP contribution in [0.15, 0.2) is 47.3 Å². The van der Waals surface area contributed by atoms with Gasteiger partial charge in [0.15, 0.2) is 6.04 Å². The quantitative estimate of drug-likeness (QED) is 0.442. The summed E-state index contributed by atoms with van der Waals surface area (Å²) in [6.45, 7) is 1.81. The van der Waals surface area contributed by atoms with Crippen LogP contribution >= 0.6 is 0 Å². The van der Waals surface area contributed by atoms with E-state index in [2.05, 4.69) is 4.90 Å². The van der Waals surface area contributed by atoms with Crippen LogP contribution in [0.5, 0.6) is 5.75 Å². The van der Waals surface area contributed by atoms with Gasteiger partial charge in [-0.25, -0.2) is 9.59 Å². The van der Waals surface area contributed by atoms with Crippen LogP contribution in [0.2, 0.25) is 0 Å². The van der Waals surface area contributed by atoms with E-state index < -0.39 is 16.6 Å². The summed E-state index contributed by atoms with van der Waals surface area (Å²) in [7, 11) is 3.29. The molecule has 2 aliphatic rings. The van der Waals surface area contributed by atoms with Gasteiger partial charge in [-0.05, 0) is 49.2 Å². The molecule has 0 spiro atoms. The number of aliphatic hydroxyl groups is 1. The third kappa shape index (κ3) is 3.60. The Bertz CT molecular complexity index is 1270. The van der Waals surface area contributed by atoms with Gasteiger partial charge in [-0.3, -0.25) is 13.8 Å². The number of likely N-dealkylation sites (tertiary alicyclic amines) is 1. The van der Waals surface area contributed by atoms with Crippen molar-refractivity contribution in [2.75, 3.05) is 38.3 Å². The van der Waals surface area contributed by atoms with Crippen molar-refractivity contribution < 1.29 is 19.3 Å². The third-order valence-corrected chi connectivity index (χ3v) is 7.23. The highest BCUT2D eigenvalue weighted by Crippen LogP contribution is 2.35. The maximum Gasteiger partial charge on any atom is 0.337 e. The molecule has 34 heavy (non-hydrogen) atoms. The molecule has 9 nitrogen and oxygen atoms in total. The van der Waals surface area contributed by atoms with Crippen LogP contribution in [0.3, 0.4) is 0 Å². The summed E-state index contributed by atoms with van der Waals surface area (Å²) in [6, 6.07) is 12.0. The molecule has 1 amide bonds. The zero-order valence-electron chi connectivity index (χ0n) is 19.5. The van der Waals surface area contributed by atoms with E-state index >= 15 is 0 Å². The number of ether oxygens (including phenoxy) is 1. The number of aliphatic hydroxyl groups excluding tert-OH is 1. The number of rotatable bonds is 6. The number of hydrogen-bond donors (Lipinski definition) is 1. The van der Waals surface area contributed by atoms with Crippen LogP contribution in [0.25, 0.3) is 11.0 Å². The average molecular weight is 467 g/mol. The molecule has 2 atom stereocenters. The Morgan fingerprint density at radius 3 is 2.56 bits per heavy atom. The molecule has 0 aliphatic carbocycles. The fourth-order valence-corrected chi connectivity index (χ4v) is 5.32. The number of carbonyl (C=O) groups excluding carboxylic acids is 1. The molecule has 2 aromatic carbocycles. The summed E-state index contributed by atoms with van der Waals surface area (Å²) in [5.74, 6) is 0.437. The highest BCUT2D eigenvalue weighted by atomic mass is 16.6. The van der Waals surface area contributed by atoms with Crippen molar-refractivity contribution in [2.24, 2.45) is 13.0 Å². The Hall–Kier alpha value is -3.14. The first-order chi connectivity index (χ1) is 16.4. The third-order valence-electron chi connectivity index (χ3n) is 7.23. The number of nitrogens with zero attached hydrogens (tertiary/aromatic N) is 4. The summed E-state index contributed by atoms with van der Waals surface area (Å²) in [5.41, 5.74) is 2.78. The first-order valence-corrected chi connectivity index (χ1v) is 11.7. The molecule has 5 rings (SSSR count). The lowest BCUT2D eigenvalue weighted by Crippen LogP contribution is -2.55. The van der Waals surface area contributed by atoms with Crippen molar-refractivity contribution in [3.05, 3.63) is 63.7 Å². The molecule has 3 heterocycles. The van der Waals surface area contributed by atoms with Gasteiger partial charge in [0.05, 0.1) is 30.4 Å². The second-order valence-electron chi connectivity index (χ2n) is 9.43. The second kappa shape index (κ2) is 8.57. The number of aromatic nitrogens is 2. The topological polar surface area (TPSA) is 99.8 Å². The van der Waals surface area contributed by atoms with E-state index in [1.54, 1.807) is 43.0 Å². The van der Waals surface area contributed by atoms with E-state index in [9.17, 15) is 19.9 Å². The van der Waals surface area contributed by atoms with E-state index in [0.717, 1.165) is 29.9 Å².